The first-order chi connectivity index (χ1) is 16.5. The molecule has 0 aliphatic heterocycles. The van der Waals surface area contributed by atoms with E-state index in [2.05, 4.69) is 29.5 Å². The van der Waals surface area contributed by atoms with Crippen molar-refractivity contribution in [2.45, 2.75) is 52.0 Å². The quantitative estimate of drug-likeness (QED) is 0.551. The van der Waals surface area contributed by atoms with E-state index in [1.807, 2.05) is 12.1 Å². The highest BCUT2D eigenvalue weighted by atomic mass is 16.2. The van der Waals surface area contributed by atoms with Gasteiger partial charge in [-0.3, -0.25) is 19.8 Å². The van der Waals surface area contributed by atoms with Crippen molar-refractivity contribution in [1.82, 2.24) is 9.99 Å². The summed E-state index contributed by atoms with van der Waals surface area (Å²) in [5.41, 5.74) is 4.13. The van der Waals surface area contributed by atoms with E-state index in [9.17, 15) is 14.4 Å². The van der Waals surface area contributed by atoms with E-state index in [0.29, 0.717) is 21.9 Å². The van der Waals surface area contributed by atoms with Gasteiger partial charge in [0.25, 0.3) is 17.4 Å². The van der Waals surface area contributed by atoms with Crippen molar-refractivity contribution in [3.05, 3.63) is 76.2 Å². The van der Waals surface area contributed by atoms with Crippen LogP contribution >= 0.6 is 0 Å². The smallest absolute Gasteiger partial charge is 0.277 e. The Labute approximate surface area is 199 Å². The maximum Gasteiger partial charge on any atom is 0.277 e. The number of hydrogen-bond acceptors (Lipinski definition) is 4. The summed E-state index contributed by atoms with van der Waals surface area (Å²) in [6, 6.07) is 14.4. The molecule has 1 aliphatic rings. The average Bonchev–Trinajstić information content (AvgIpc) is 2.87. The topological polar surface area (TPSA) is 83.4 Å². The van der Waals surface area contributed by atoms with E-state index < -0.39 is 5.91 Å². The summed E-state index contributed by atoms with van der Waals surface area (Å²) in [7, 11) is 0. The Morgan fingerprint density at radius 2 is 1.56 bits per heavy atom. The van der Waals surface area contributed by atoms with Gasteiger partial charge in [-0.25, -0.2) is 4.68 Å². The standard InChI is InChI=1S/C27H32N4O3/c1-3-30(4-2)21-16-14-19(15-17-21)25(32)29-31-18-24(22-12-8-9-13-23(22)27(31)34)26(33)28-20-10-6-5-7-11-20/h8-9,12-18,20H,3-7,10-11H2,1-2H3,(H,28,33)(H,29,32). The zero-order valence-electron chi connectivity index (χ0n) is 19.8. The number of carbonyl (C=O) groups excluding carboxylic acids is 2. The van der Waals surface area contributed by atoms with Crippen LogP contribution < -0.4 is 21.2 Å². The minimum Gasteiger partial charge on any atom is -0.372 e. The molecule has 0 saturated heterocycles. The molecule has 2 amide bonds. The Morgan fingerprint density at radius 3 is 2.21 bits per heavy atom. The molecule has 2 aromatic carbocycles. The van der Waals surface area contributed by atoms with E-state index in [1.165, 1.54) is 12.6 Å². The molecular formula is C27H32N4O3. The Hall–Kier alpha value is -3.61. The van der Waals surface area contributed by atoms with Gasteiger partial charge in [0.2, 0.25) is 0 Å². The van der Waals surface area contributed by atoms with E-state index >= 15 is 0 Å². The normalized spacial score (nSPS) is 14.1. The SMILES string of the molecule is CCN(CC)c1ccc(C(=O)Nn2cc(C(=O)NC3CCCCC3)c3ccccc3c2=O)cc1. The lowest BCUT2D eigenvalue weighted by atomic mass is 9.95. The van der Waals surface area contributed by atoms with Gasteiger partial charge in [0.05, 0.1) is 5.56 Å². The Bertz CT molecular complexity index is 1220. The van der Waals surface area contributed by atoms with Crippen molar-refractivity contribution in [1.29, 1.82) is 0 Å². The molecule has 0 atom stereocenters. The van der Waals surface area contributed by atoms with Gasteiger partial charge >= 0.3 is 0 Å². The molecule has 3 aromatic rings. The second kappa shape index (κ2) is 10.5. The van der Waals surface area contributed by atoms with E-state index in [1.54, 1.807) is 36.4 Å². The van der Waals surface area contributed by atoms with Crippen molar-refractivity contribution < 1.29 is 9.59 Å². The van der Waals surface area contributed by atoms with Gasteiger partial charge in [0.15, 0.2) is 0 Å². The number of rotatable bonds is 7. The molecule has 1 fully saturated rings. The second-order valence-electron chi connectivity index (χ2n) is 8.73. The molecule has 178 valence electrons. The summed E-state index contributed by atoms with van der Waals surface area (Å²) in [6.45, 7) is 5.91. The Morgan fingerprint density at radius 1 is 0.912 bits per heavy atom. The van der Waals surface area contributed by atoms with Crippen LogP contribution in [0, 0.1) is 0 Å². The molecule has 34 heavy (non-hydrogen) atoms. The summed E-state index contributed by atoms with van der Waals surface area (Å²) in [5, 5.41) is 4.08. The molecule has 1 aromatic heterocycles. The molecule has 1 aliphatic carbocycles. The zero-order chi connectivity index (χ0) is 24.1. The molecule has 1 heterocycles. The van der Waals surface area contributed by atoms with Crippen molar-refractivity contribution >= 4 is 28.3 Å². The molecule has 0 unspecified atom stereocenters. The summed E-state index contributed by atoms with van der Waals surface area (Å²) in [5.74, 6) is -0.642. The summed E-state index contributed by atoms with van der Waals surface area (Å²) >= 11 is 0. The molecule has 0 spiro atoms. The fourth-order valence-electron chi connectivity index (χ4n) is 4.65. The van der Waals surface area contributed by atoms with Gasteiger partial charge in [-0.15, -0.1) is 0 Å². The van der Waals surface area contributed by atoms with Crippen LogP contribution in [0.1, 0.15) is 66.7 Å². The van der Waals surface area contributed by atoms with Crippen LogP contribution in [-0.2, 0) is 0 Å². The number of anilines is 1. The number of aromatic nitrogens is 1. The van der Waals surface area contributed by atoms with Gasteiger partial charge in [-0.1, -0.05) is 37.5 Å². The first kappa shape index (κ1) is 23.5. The largest absolute Gasteiger partial charge is 0.372 e. The fraction of sp³-hybridized carbons (Fsp3) is 0.370. The highest BCUT2D eigenvalue weighted by Gasteiger charge is 2.20. The van der Waals surface area contributed by atoms with Gasteiger partial charge in [-0.2, -0.15) is 0 Å². The average molecular weight is 461 g/mol. The maximum absolute atomic E-state index is 13.2. The van der Waals surface area contributed by atoms with Gasteiger partial charge < -0.3 is 10.2 Å². The minimum absolute atomic E-state index is 0.138. The van der Waals surface area contributed by atoms with Crippen molar-refractivity contribution in [3.8, 4) is 0 Å². The summed E-state index contributed by atoms with van der Waals surface area (Å²) in [4.78, 5) is 41.4. The number of amides is 2. The highest BCUT2D eigenvalue weighted by Crippen LogP contribution is 2.20. The number of hydrogen-bond donors (Lipinski definition) is 2. The van der Waals surface area contributed by atoms with Crippen LogP contribution in [0.4, 0.5) is 5.69 Å². The molecular weight excluding hydrogens is 428 g/mol. The number of fused-ring (bicyclic) bond motifs is 1. The third kappa shape index (κ3) is 4.98. The number of benzene rings is 2. The first-order valence-corrected chi connectivity index (χ1v) is 12.1. The Balaban J connectivity index is 1.62. The monoisotopic (exact) mass is 460 g/mol. The third-order valence-corrected chi connectivity index (χ3v) is 6.59. The predicted octanol–water partition coefficient (Wildman–Crippen LogP) is 4.29. The van der Waals surface area contributed by atoms with Crippen molar-refractivity contribution in [2.75, 3.05) is 23.4 Å². The van der Waals surface area contributed by atoms with Crippen LogP contribution in [0.15, 0.2) is 59.5 Å². The molecule has 2 N–H and O–H groups in total. The van der Waals surface area contributed by atoms with Crippen molar-refractivity contribution in [3.63, 3.8) is 0 Å². The molecule has 4 rings (SSSR count). The maximum atomic E-state index is 13.2. The van der Waals surface area contributed by atoms with Gasteiger partial charge in [-0.05, 0) is 57.0 Å². The number of carbonyl (C=O) groups is 2. The molecule has 7 nitrogen and oxygen atoms in total. The lowest BCUT2D eigenvalue weighted by Crippen LogP contribution is -2.38. The van der Waals surface area contributed by atoms with Crippen LogP contribution in [-0.4, -0.2) is 35.6 Å². The molecule has 0 bridgehead atoms. The second-order valence-corrected chi connectivity index (χ2v) is 8.73. The number of nitrogens with zero attached hydrogens (tertiary/aromatic N) is 2. The zero-order valence-corrected chi connectivity index (χ0v) is 19.8. The predicted molar refractivity (Wildman–Crippen MR) is 136 cm³/mol. The third-order valence-electron chi connectivity index (χ3n) is 6.59. The minimum atomic E-state index is -0.415. The van der Waals surface area contributed by atoms with E-state index in [4.69, 9.17) is 0 Å². The lowest BCUT2D eigenvalue weighted by molar-refractivity contribution is 0.0926. The van der Waals surface area contributed by atoms with Crippen molar-refractivity contribution in [2.24, 2.45) is 0 Å². The summed E-state index contributed by atoms with van der Waals surface area (Å²) in [6.07, 6.45) is 6.77. The Kier molecular flexibility index (Phi) is 7.30. The molecule has 0 radical (unpaired) electrons. The van der Waals surface area contributed by atoms with Gasteiger partial charge in [0, 0.05) is 47.4 Å². The van der Waals surface area contributed by atoms with Crippen LogP contribution in [0.25, 0.3) is 10.8 Å². The lowest BCUT2D eigenvalue weighted by Gasteiger charge is -2.23. The molecule has 1 saturated carbocycles. The number of pyridine rings is 1. The fourth-order valence-corrected chi connectivity index (χ4v) is 4.65. The van der Waals surface area contributed by atoms with E-state index in [0.717, 1.165) is 49.1 Å². The van der Waals surface area contributed by atoms with Crippen LogP contribution in [0.5, 0.6) is 0 Å². The number of nitrogens with one attached hydrogen (secondary N) is 2. The highest BCUT2D eigenvalue weighted by molar-refractivity contribution is 6.07. The first-order valence-electron chi connectivity index (χ1n) is 12.1. The van der Waals surface area contributed by atoms with Gasteiger partial charge in [0.1, 0.15) is 0 Å². The van der Waals surface area contributed by atoms with Crippen LogP contribution in [0.2, 0.25) is 0 Å². The van der Waals surface area contributed by atoms with E-state index in [-0.39, 0.29) is 17.5 Å². The van der Waals surface area contributed by atoms with Crippen LogP contribution in [0.3, 0.4) is 0 Å². The molecule has 7 heteroatoms. The summed E-state index contributed by atoms with van der Waals surface area (Å²) < 4.78 is 1.12.